The smallest absolute Gasteiger partial charge is 0.256 e. The van der Waals surface area contributed by atoms with Crippen molar-refractivity contribution in [2.75, 3.05) is 28.8 Å². The van der Waals surface area contributed by atoms with Crippen LogP contribution in [-0.2, 0) is 19.8 Å². The molecule has 6 rings (SSSR count). The van der Waals surface area contributed by atoms with Gasteiger partial charge in [0.15, 0.2) is 5.82 Å². The van der Waals surface area contributed by atoms with Gasteiger partial charge in [0.25, 0.3) is 10.0 Å². The summed E-state index contributed by atoms with van der Waals surface area (Å²) in [5, 5.41) is 9.11. The highest BCUT2D eigenvalue weighted by molar-refractivity contribution is 7.91. The Kier molecular flexibility index (Phi) is 6.76. The van der Waals surface area contributed by atoms with Gasteiger partial charge in [-0.1, -0.05) is 19.9 Å². The third-order valence-electron chi connectivity index (χ3n) is 7.92. The Labute approximate surface area is 240 Å². The highest BCUT2D eigenvalue weighted by Crippen LogP contribution is 2.39. The quantitative estimate of drug-likeness (QED) is 0.284. The first kappa shape index (κ1) is 27.6. The Morgan fingerprint density at radius 1 is 1.07 bits per heavy atom. The summed E-state index contributed by atoms with van der Waals surface area (Å²) in [6.07, 6.45) is 9.26. The van der Waals surface area contributed by atoms with Crippen LogP contribution in [0.4, 0.5) is 17.3 Å². The van der Waals surface area contributed by atoms with Crippen molar-refractivity contribution < 1.29 is 12.6 Å². The van der Waals surface area contributed by atoms with Gasteiger partial charge < -0.3 is 10.2 Å². The van der Waals surface area contributed by atoms with E-state index in [0.29, 0.717) is 47.5 Å². The number of benzene rings is 1. The molecule has 2 fully saturated rings. The lowest BCUT2D eigenvalue weighted by Crippen LogP contribution is -2.57. The highest BCUT2D eigenvalue weighted by Gasteiger charge is 2.38. The van der Waals surface area contributed by atoms with Crippen molar-refractivity contribution in [1.82, 2.24) is 24.1 Å². The molecule has 216 valence electrons. The van der Waals surface area contributed by atoms with Crippen LogP contribution < -0.4 is 10.2 Å². The molecule has 1 aliphatic heterocycles. The number of nitrogens with zero attached hydrogens (tertiary/aromatic N) is 6. The molecule has 3 atom stereocenters. The monoisotopic (exact) mass is 594 g/mol. The van der Waals surface area contributed by atoms with Gasteiger partial charge in [-0.25, -0.2) is 23.4 Å². The maximum Gasteiger partial charge on any atom is 0.256 e. The molecule has 4 heterocycles. The zero-order valence-corrected chi connectivity index (χ0v) is 25.1. The van der Waals surface area contributed by atoms with Crippen molar-refractivity contribution in [3.8, 4) is 11.4 Å². The van der Waals surface area contributed by atoms with Gasteiger partial charge in [-0.15, -0.1) is 0 Å². The van der Waals surface area contributed by atoms with E-state index in [1.165, 1.54) is 24.2 Å². The van der Waals surface area contributed by atoms with Gasteiger partial charge in [0, 0.05) is 63.7 Å². The van der Waals surface area contributed by atoms with Crippen molar-refractivity contribution >= 4 is 47.8 Å². The van der Waals surface area contributed by atoms with Crippen LogP contribution in [0.25, 0.3) is 22.2 Å². The van der Waals surface area contributed by atoms with Crippen LogP contribution in [0.3, 0.4) is 0 Å². The third-order valence-corrected chi connectivity index (χ3v) is 11.0. The summed E-state index contributed by atoms with van der Waals surface area (Å²) >= 11 is 0. The van der Waals surface area contributed by atoms with E-state index in [4.69, 9.17) is 9.76 Å². The fourth-order valence-corrected chi connectivity index (χ4v) is 8.13. The van der Waals surface area contributed by atoms with Crippen molar-refractivity contribution in [2.24, 2.45) is 5.92 Å². The number of nitrogens with one attached hydrogen (secondary N) is 2. The Hall–Kier alpha value is -3.58. The minimum atomic E-state index is -3.47. The first-order valence-electron chi connectivity index (χ1n) is 13.7. The molecular weight excluding hydrogens is 560 g/mol. The van der Waals surface area contributed by atoms with E-state index >= 15 is 0 Å². The molecule has 41 heavy (non-hydrogen) atoms. The average molecular weight is 595 g/mol. The first-order valence-corrected chi connectivity index (χ1v) is 17.3. The van der Waals surface area contributed by atoms with E-state index in [-0.39, 0.29) is 17.2 Å². The number of fused-ring (bicyclic) bond motifs is 1. The second-order valence-corrected chi connectivity index (χ2v) is 15.9. The molecule has 1 aliphatic carbocycles. The molecule has 0 bridgehead atoms. The lowest BCUT2D eigenvalue weighted by atomic mass is 9.88. The van der Waals surface area contributed by atoms with Crippen LogP contribution in [-0.4, -0.2) is 66.6 Å². The number of rotatable bonds is 9. The summed E-state index contributed by atoms with van der Waals surface area (Å²) in [6, 6.07) is 8.26. The van der Waals surface area contributed by atoms with Crippen LogP contribution in [0.2, 0.25) is 0 Å². The van der Waals surface area contributed by atoms with Crippen LogP contribution >= 0.6 is 0 Å². The molecule has 1 saturated heterocycles. The van der Waals surface area contributed by atoms with Crippen LogP contribution in [0.1, 0.15) is 45.1 Å². The van der Waals surface area contributed by atoms with Gasteiger partial charge in [0.1, 0.15) is 11.6 Å². The lowest BCUT2D eigenvalue weighted by Gasteiger charge is -2.48. The summed E-state index contributed by atoms with van der Waals surface area (Å²) < 4.78 is 46.0. The van der Waals surface area contributed by atoms with E-state index in [0.717, 1.165) is 27.1 Å². The van der Waals surface area contributed by atoms with E-state index < -0.39 is 19.8 Å². The predicted octanol–water partition coefficient (Wildman–Crippen LogP) is 4.60. The van der Waals surface area contributed by atoms with Crippen molar-refractivity contribution in [3.05, 3.63) is 54.6 Å². The standard InChI is InChI=1S/C28H34N8O3S2/c1-17(2)22-7-8-25(35-14-20(18(35)3)16-40(4,29)37)24-13-31-27(11-23(22)24)33-26-9-10-30-28(34-26)19-12-32-36(15-19)41(38,39)21-5-6-21/h7-13,15,17-18,20-21,29H,5-6,14,16H2,1-4H3,(H,30,31,33,34)/t18-,20-,40?/m1/s1. The summed E-state index contributed by atoms with van der Waals surface area (Å²) in [4.78, 5) is 15.9. The summed E-state index contributed by atoms with van der Waals surface area (Å²) in [7, 11) is -6.00. The van der Waals surface area contributed by atoms with Gasteiger partial charge in [-0.05, 0) is 54.8 Å². The molecule has 2 aliphatic rings. The van der Waals surface area contributed by atoms with E-state index in [9.17, 15) is 12.6 Å². The molecule has 0 amide bonds. The summed E-state index contributed by atoms with van der Waals surface area (Å²) in [5.74, 6) is 2.46. The van der Waals surface area contributed by atoms with Crippen LogP contribution in [0.5, 0.6) is 0 Å². The largest absolute Gasteiger partial charge is 0.368 e. The minimum Gasteiger partial charge on any atom is -0.368 e. The lowest BCUT2D eigenvalue weighted by molar-refractivity contribution is 0.344. The van der Waals surface area contributed by atoms with Crippen LogP contribution in [0.15, 0.2) is 49.1 Å². The Bertz CT molecular complexity index is 1850. The van der Waals surface area contributed by atoms with Gasteiger partial charge in [0.05, 0.1) is 23.2 Å². The number of anilines is 3. The van der Waals surface area contributed by atoms with E-state index in [2.05, 4.69) is 58.2 Å². The minimum absolute atomic E-state index is 0.190. The third kappa shape index (κ3) is 5.40. The van der Waals surface area contributed by atoms with Gasteiger partial charge in [-0.3, -0.25) is 8.99 Å². The molecular formula is C28H34N8O3S2. The number of aromatic nitrogens is 5. The molecule has 0 spiro atoms. The molecule has 13 heteroatoms. The molecule has 1 aromatic carbocycles. The maximum absolute atomic E-state index is 12.5. The molecule has 0 radical (unpaired) electrons. The second kappa shape index (κ2) is 10.1. The zero-order valence-electron chi connectivity index (χ0n) is 23.5. The Balaban J connectivity index is 1.28. The fraction of sp³-hybridized carbons (Fsp3) is 0.429. The maximum atomic E-state index is 12.5. The fourth-order valence-electron chi connectivity index (χ4n) is 5.45. The SMILES string of the molecule is CC(C)c1ccc(N2C[C@H](CS(C)(=N)=O)[C@H]2C)c2cnc(Nc3ccnc(-c4cnn(S(=O)(=O)C5CC5)c4)n3)cc12. The van der Waals surface area contributed by atoms with Crippen LogP contribution in [0, 0.1) is 10.7 Å². The molecule has 1 unspecified atom stereocenters. The Morgan fingerprint density at radius 3 is 2.54 bits per heavy atom. The molecule has 1 saturated carbocycles. The molecule has 2 N–H and O–H groups in total. The highest BCUT2D eigenvalue weighted by atomic mass is 32.2. The molecule has 11 nitrogen and oxygen atoms in total. The predicted molar refractivity (Wildman–Crippen MR) is 162 cm³/mol. The van der Waals surface area contributed by atoms with Crippen molar-refractivity contribution in [3.63, 3.8) is 0 Å². The Morgan fingerprint density at radius 2 is 1.85 bits per heavy atom. The average Bonchev–Trinajstić information content (AvgIpc) is 3.66. The van der Waals surface area contributed by atoms with Gasteiger partial charge in [-0.2, -0.15) is 9.19 Å². The summed E-state index contributed by atoms with van der Waals surface area (Å²) in [5.41, 5.74) is 2.80. The number of pyridine rings is 1. The number of hydrogen-bond acceptors (Lipinski definition) is 10. The normalized spacial score (nSPS) is 20.7. The van der Waals surface area contributed by atoms with E-state index in [1.807, 2.05) is 12.3 Å². The van der Waals surface area contributed by atoms with Gasteiger partial charge >= 0.3 is 0 Å². The van der Waals surface area contributed by atoms with Crippen molar-refractivity contribution in [2.45, 2.75) is 50.8 Å². The zero-order chi connectivity index (χ0) is 29.1. The molecule has 3 aromatic heterocycles. The number of hydrogen-bond donors (Lipinski definition) is 2. The first-order chi connectivity index (χ1) is 19.4. The second-order valence-electron chi connectivity index (χ2n) is 11.5. The van der Waals surface area contributed by atoms with Gasteiger partial charge in [0.2, 0.25) is 0 Å². The molecule has 4 aromatic rings. The van der Waals surface area contributed by atoms with E-state index in [1.54, 1.807) is 12.3 Å². The topological polar surface area (TPSA) is 147 Å². The summed E-state index contributed by atoms with van der Waals surface area (Å²) in [6.45, 7) is 7.22. The van der Waals surface area contributed by atoms with Crippen molar-refractivity contribution in [1.29, 1.82) is 4.78 Å².